The zero-order valence-electron chi connectivity index (χ0n) is 14.5. The lowest BCUT2D eigenvalue weighted by atomic mass is 10.1. The van der Waals surface area contributed by atoms with Crippen LogP contribution in [0.25, 0.3) is 16.8 Å². The van der Waals surface area contributed by atoms with Crippen LogP contribution in [0, 0.1) is 0 Å². The van der Waals surface area contributed by atoms with Gasteiger partial charge in [-0.15, -0.1) is 0 Å². The number of aromatic nitrogens is 2. The van der Waals surface area contributed by atoms with E-state index in [0.29, 0.717) is 10.6 Å². The van der Waals surface area contributed by atoms with Gasteiger partial charge in [0.25, 0.3) is 5.91 Å². The number of carbonyl (C=O) groups excluding carboxylic acids is 1. The molecule has 0 aliphatic rings. The fourth-order valence-electron chi connectivity index (χ4n) is 2.51. The lowest BCUT2D eigenvalue weighted by Gasteiger charge is -2.19. The van der Waals surface area contributed by atoms with Crippen molar-refractivity contribution < 1.29 is 4.79 Å². The van der Waals surface area contributed by atoms with Crippen molar-refractivity contribution in [3.8, 4) is 16.8 Å². The molecule has 1 amide bonds. The first-order valence-electron chi connectivity index (χ1n) is 8.06. The summed E-state index contributed by atoms with van der Waals surface area (Å²) in [6.07, 6.45) is 3.30. The monoisotopic (exact) mass is 353 g/mol. The summed E-state index contributed by atoms with van der Waals surface area (Å²) in [5.41, 5.74) is 3.07. The molecule has 5 heteroatoms. The third-order valence-electron chi connectivity index (χ3n) is 3.63. The average Bonchev–Trinajstić information content (AvgIpc) is 3.04. The molecule has 0 aliphatic carbocycles. The standard InChI is InChI=1S/C20H20ClN3O/c1-20(2,3)23-19(25)15-12-22-24(13-15)16-8-6-7-14(11-16)17-9-4-5-10-18(17)21/h4-13H,1-3H3,(H,23,25). The Bertz CT molecular complexity index is 909. The summed E-state index contributed by atoms with van der Waals surface area (Å²) >= 11 is 6.29. The SMILES string of the molecule is CC(C)(C)NC(=O)c1cnn(-c2cccc(-c3ccccc3Cl)c2)c1. The minimum atomic E-state index is -0.289. The molecule has 25 heavy (non-hydrogen) atoms. The molecule has 3 rings (SSSR count). The van der Waals surface area contributed by atoms with Gasteiger partial charge in [0.1, 0.15) is 0 Å². The van der Waals surface area contributed by atoms with Gasteiger partial charge in [0.2, 0.25) is 0 Å². The predicted octanol–water partition coefficient (Wildman–Crippen LogP) is 4.72. The number of nitrogens with one attached hydrogen (secondary N) is 1. The quantitative estimate of drug-likeness (QED) is 0.740. The normalized spacial score (nSPS) is 11.4. The molecule has 0 aliphatic heterocycles. The molecule has 0 fully saturated rings. The van der Waals surface area contributed by atoms with Crippen LogP contribution in [0.15, 0.2) is 60.9 Å². The van der Waals surface area contributed by atoms with Crippen molar-refractivity contribution in [2.24, 2.45) is 0 Å². The van der Waals surface area contributed by atoms with E-state index in [0.717, 1.165) is 16.8 Å². The summed E-state index contributed by atoms with van der Waals surface area (Å²) in [6, 6.07) is 15.6. The molecule has 0 atom stereocenters. The van der Waals surface area contributed by atoms with Crippen molar-refractivity contribution in [2.75, 3.05) is 0 Å². The van der Waals surface area contributed by atoms with Gasteiger partial charge in [-0.05, 0) is 44.5 Å². The molecule has 0 saturated heterocycles. The van der Waals surface area contributed by atoms with E-state index in [-0.39, 0.29) is 11.4 Å². The highest BCUT2D eigenvalue weighted by Crippen LogP contribution is 2.28. The van der Waals surface area contributed by atoms with Crippen molar-refractivity contribution in [3.05, 3.63) is 71.5 Å². The van der Waals surface area contributed by atoms with E-state index in [1.807, 2.05) is 69.3 Å². The zero-order chi connectivity index (χ0) is 18.0. The molecule has 0 bridgehead atoms. The van der Waals surface area contributed by atoms with Gasteiger partial charge in [0.05, 0.1) is 17.4 Å². The molecule has 0 radical (unpaired) electrons. The van der Waals surface area contributed by atoms with Crippen LogP contribution in [-0.2, 0) is 0 Å². The first-order valence-corrected chi connectivity index (χ1v) is 8.44. The zero-order valence-corrected chi connectivity index (χ0v) is 15.2. The van der Waals surface area contributed by atoms with Crippen LogP contribution < -0.4 is 5.32 Å². The number of nitrogens with zero attached hydrogens (tertiary/aromatic N) is 2. The van der Waals surface area contributed by atoms with Gasteiger partial charge in [-0.1, -0.05) is 41.9 Å². The molecule has 3 aromatic rings. The summed E-state index contributed by atoms with van der Waals surface area (Å²) in [5.74, 6) is -0.138. The van der Waals surface area contributed by atoms with Gasteiger partial charge >= 0.3 is 0 Å². The molecule has 4 nitrogen and oxygen atoms in total. The van der Waals surface area contributed by atoms with E-state index in [1.54, 1.807) is 17.1 Å². The number of halogens is 1. The van der Waals surface area contributed by atoms with Crippen LogP contribution in [0.3, 0.4) is 0 Å². The highest BCUT2D eigenvalue weighted by molar-refractivity contribution is 6.33. The fourth-order valence-corrected chi connectivity index (χ4v) is 2.75. The Hall–Kier alpha value is -2.59. The maximum absolute atomic E-state index is 12.3. The topological polar surface area (TPSA) is 46.9 Å². The maximum atomic E-state index is 12.3. The van der Waals surface area contributed by atoms with Crippen LogP contribution >= 0.6 is 11.6 Å². The minimum Gasteiger partial charge on any atom is -0.347 e. The number of carbonyl (C=O) groups is 1. The Morgan fingerprint density at radius 3 is 2.60 bits per heavy atom. The third-order valence-corrected chi connectivity index (χ3v) is 3.96. The average molecular weight is 354 g/mol. The van der Waals surface area contributed by atoms with Crippen LogP contribution in [0.5, 0.6) is 0 Å². The Morgan fingerprint density at radius 1 is 1.12 bits per heavy atom. The van der Waals surface area contributed by atoms with E-state index in [2.05, 4.69) is 10.4 Å². The van der Waals surface area contributed by atoms with Gasteiger partial charge in [-0.2, -0.15) is 5.10 Å². The fraction of sp³-hybridized carbons (Fsp3) is 0.200. The van der Waals surface area contributed by atoms with E-state index >= 15 is 0 Å². The second-order valence-electron chi connectivity index (χ2n) is 6.91. The lowest BCUT2D eigenvalue weighted by Crippen LogP contribution is -2.40. The first kappa shape index (κ1) is 17.2. The molecule has 1 N–H and O–H groups in total. The molecular formula is C20H20ClN3O. The largest absolute Gasteiger partial charge is 0.347 e. The Kier molecular flexibility index (Phi) is 4.64. The van der Waals surface area contributed by atoms with E-state index < -0.39 is 0 Å². The Morgan fingerprint density at radius 2 is 1.88 bits per heavy atom. The summed E-state index contributed by atoms with van der Waals surface area (Å²) in [4.78, 5) is 12.3. The molecule has 0 spiro atoms. The van der Waals surface area contributed by atoms with Crippen molar-refractivity contribution in [1.82, 2.24) is 15.1 Å². The molecule has 0 saturated carbocycles. The van der Waals surface area contributed by atoms with Crippen LogP contribution in [0.2, 0.25) is 5.02 Å². The maximum Gasteiger partial charge on any atom is 0.254 e. The number of amides is 1. The highest BCUT2D eigenvalue weighted by Gasteiger charge is 2.17. The van der Waals surface area contributed by atoms with Crippen molar-refractivity contribution >= 4 is 17.5 Å². The molecule has 128 valence electrons. The Balaban J connectivity index is 1.90. The van der Waals surface area contributed by atoms with Crippen LogP contribution in [-0.4, -0.2) is 21.2 Å². The second-order valence-corrected chi connectivity index (χ2v) is 7.32. The van der Waals surface area contributed by atoms with Crippen LogP contribution in [0.4, 0.5) is 0 Å². The second kappa shape index (κ2) is 6.73. The van der Waals surface area contributed by atoms with Gasteiger partial charge in [-0.25, -0.2) is 4.68 Å². The van der Waals surface area contributed by atoms with E-state index in [9.17, 15) is 4.79 Å². The van der Waals surface area contributed by atoms with Crippen molar-refractivity contribution in [3.63, 3.8) is 0 Å². The third kappa shape index (κ3) is 4.09. The summed E-state index contributed by atoms with van der Waals surface area (Å²) < 4.78 is 1.69. The summed E-state index contributed by atoms with van der Waals surface area (Å²) in [7, 11) is 0. The number of hydrogen-bond donors (Lipinski definition) is 1. The predicted molar refractivity (Wildman–Crippen MR) is 101 cm³/mol. The highest BCUT2D eigenvalue weighted by atomic mass is 35.5. The van der Waals surface area contributed by atoms with Gasteiger partial charge < -0.3 is 5.32 Å². The summed E-state index contributed by atoms with van der Waals surface area (Å²) in [6.45, 7) is 5.84. The molecule has 0 unspecified atom stereocenters. The molecule has 1 aromatic heterocycles. The number of rotatable bonds is 3. The van der Waals surface area contributed by atoms with Gasteiger partial charge in [0.15, 0.2) is 0 Å². The smallest absolute Gasteiger partial charge is 0.254 e. The number of benzene rings is 2. The molecular weight excluding hydrogens is 334 g/mol. The van der Waals surface area contributed by atoms with Gasteiger partial charge in [-0.3, -0.25) is 4.79 Å². The van der Waals surface area contributed by atoms with Crippen molar-refractivity contribution in [1.29, 1.82) is 0 Å². The minimum absolute atomic E-state index is 0.138. The number of hydrogen-bond acceptors (Lipinski definition) is 2. The van der Waals surface area contributed by atoms with Gasteiger partial charge in [0, 0.05) is 22.3 Å². The van der Waals surface area contributed by atoms with Crippen molar-refractivity contribution in [2.45, 2.75) is 26.3 Å². The van der Waals surface area contributed by atoms with Crippen LogP contribution in [0.1, 0.15) is 31.1 Å². The lowest BCUT2D eigenvalue weighted by molar-refractivity contribution is 0.0919. The van der Waals surface area contributed by atoms with E-state index in [1.165, 1.54) is 0 Å². The molecule has 1 heterocycles. The first-order chi connectivity index (χ1) is 11.8. The van der Waals surface area contributed by atoms with E-state index in [4.69, 9.17) is 11.6 Å². The Labute approximate surface area is 152 Å². The summed E-state index contributed by atoms with van der Waals surface area (Å²) in [5, 5.41) is 7.95. The molecule has 2 aromatic carbocycles.